The summed E-state index contributed by atoms with van der Waals surface area (Å²) < 4.78 is 22.8. The van der Waals surface area contributed by atoms with Crippen molar-refractivity contribution in [2.24, 2.45) is 5.92 Å². The summed E-state index contributed by atoms with van der Waals surface area (Å²) in [5.41, 5.74) is 0.902. The van der Waals surface area contributed by atoms with E-state index in [1.807, 2.05) is 17.0 Å². The Hall–Kier alpha value is -1.21. The lowest BCUT2D eigenvalue weighted by molar-refractivity contribution is 0.546. The van der Waals surface area contributed by atoms with Crippen LogP contribution in [0.15, 0.2) is 12.1 Å². The normalized spacial score (nSPS) is 18.4. The molecule has 0 amide bonds. The van der Waals surface area contributed by atoms with E-state index in [9.17, 15) is 8.42 Å². The monoisotopic (exact) mass is 298 g/mol. The average Bonchev–Trinajstić information content (AvgIpc) is 2.39. The van der Waals surface area contributed by atoms with Crippen LogP contribution >= 0.6 is 0 Å². The van der Waals surface area contributed by atoms with Crippen molar-refractivity contribution < 1.29 is 8.42 Å². The highest BCUT2D eigenvalue weighted by atomic mass is 32.2. The van der Waals surface area contributed by atoms with E-state index in [2.05, 4.69) is 29.4 Å². The van der Waals surface area contributed by atoms with Crippen LogP contribution < -0.4 is 10.2 Å². The van der Waals surface area contributed by atoms with Crippen molar-refractivity contribution in [1.29, 1.82) is 0 Å². The molecule has 6 nitrogen and oxygen atoms in total. The summed E-state index contributed by atoms with van der Waals surface area (Å²) in [6.07, 6.45) is 0. The van der Waals surface area contributed by atoms with Gasteiger partial charge in [0, 0.05) is 19.6 Å². The fourth-order valence-corrected chi connectivity index (χ4v) is 3.25. The molecule has 0 aliphatic carbocycles. The number of anilines is 1. The SMILES string of the molecule is CC(C)CNCc1ccc(N2CCS(=O)(=O)CC2)nn1. The second-order valence-electron chi connectivity index (χ2n) is 5.55. The zero-order valence-corrected chi connectivity index (χ0v) is 12.9. The predicted octanol–water partition coefficient (Wildman–Crippen LogP) is 0.457. The first kappa shape index (κ1) is 15.2. The molecule has 1 fully saturated rings. The van der Waals surface area contributed by atoms with Crippen molar-refractivity contribution in [3.8, 4) is 0 Å². The summed E-state index contributed by atoms with van der Waals surface area (Å²) in [7, 11) is -2.85. The molecule has 1 aliphatic rings. The number of rotatable bonds is 5. The summed E-state index contributed by atoms with van der Waals surface area (Å²) in [5, 5.41) is 11.7. The molecular formula is C13H22N4O2S. The Balaban J connectivity index is 1.88. The van der Waals surface area contributed by atoms with Crippen LogP contribution in [-0.2, 0) is 16.4 Å². The molecule has 0 bridgehead atoms. The zero-order valence-electron chi connectivity index (χ0n) is 12.0. The van der Waals surface area contributed by atoms with Crippen LogP contribution in [0.2, 0.25) is 0 Å². The second-order valence-corrected chi connectivity index (χ2v) is 7.85. The van der Waals surface area contributed by atoms with E-state index in [-0.39, 0.29) is 11.5 Å². The predicted molar refractivity (Wildman–Crippen MR) is 79.4 cm³/mol. The molecule has 0 aromatic carbocycles. The van der Waals surface area contributed by atoms with Gasteiger partial charge in [-0.15, -0.1) is 5.10 Å². The van der Waals surface area contributed by atoms with Crippen LogP contribution in [0, 0.1) is 5.92 Å². The maximum atomic E-state index is 11.4. The standard InChI is InChI=1S/C13H22N4O2S/c1-11(2)9-14-10-12-3-4-13(16-15-12)17-5-7-20(18,19)8-6-17/h3-4,11,14H,5-10H2,1-2H3. The molecule has 0 radical (unpaired) electrons. The Kier molecular flexibility index (Phi) is 4.93. The average molecular weight is 298 g/mol. The quantitative estimate of drug-likeness (QED) is 0.851. The van der Waals surface area contributed by atoms with Gasteiger partial charge in [0.2, 0.25) is 0 Å². The topological polar surface area (TPSA) is 75.2 Å². The highest BCUT2D eigenvalue weighted by Crippen LogP contribution is 2.13. The summed E-state index contributed by atoms with van der Waals surface area (Å²) in [6, 6.07) is 3.86. The van der Waals surface area contributed by atoms with Crippen molar-refractivity contribution in [3.63, 3.8) is 0 Å². The summed E-state index contributed by atoms with van der Waals surface area (Å²) in [6.45, 7) is 6.98. The van der Waals surface area contributed by atoms with E-state index in [0.717, 1.165) is 18.1 Å². The van der Waals surface area contributed by atoms with E-state index in [1.165, 1.54) is 0 Å². The molecule has 0 atom stereocenters. The molecule has 20 heavy (non-hydrogen) atoms. The molecule has 1 aromatic rings. The fourth-order valence-electron chi connectivity index (χ4n) is 2.05. The van der Waals surface area contributed by atoms with Gasteiger partial charge in [-0.25, -0.2) is 8.42 Å². The number of nitrogens with one attached hydrogen (secondary N) is 1. The van der Waals surface area contributed by atoms with Gasteiger partial charge in [-0.3, -0.25) is 0 Å². The number of hydrogen-bond acceptors (Lipinski definition) is 6. The zero-order chi connectivity index (χ0) is 14.6. The van der Waals surface area contributed by atoms with Gasteiger partial charge >= 0.3 is 0 Å². The maximum absolute atomic E-state index is 11.4. The van der Waals surface area contributed by atoms with Crippen LogP contribution in [0.1, 0.15) is 19.5 Å². The summed E-state index contributed by atoms with van der Waals surface area (Å²) in [4.78, 5) is 1.97. The minimum Gasteiger partial charge on any atom is -0.353 e. The first-order valence-electron chi connectivity index (χ1n) is 6.95. The summed E-state index contributed by atoms with van der Waals surface area (Å²) >= 11 is 0. The fraction of sp³-hybridized carbons (Fsp3) is 0.692. The minimum absolute atomic E-state index is 0.201. The first-order valence-corrected chi connectivity index (χ1v) is 8.77. The Morgan fingerprint density at radius 3 is 2.50 bits per heavy atom. The molecule has 1 aromatic heterocycles. The van der Waals surface area contributed by atoms with Gasteiger partial charge in [0.1, 0.15) is 0 Å². The summed E-state index contributed by atoms with van der Waals surface area (Å²) in [5.74, 6) is 1.77. The first-order chi connectivity index (χ1) is 9.46. The van der Waals surface area contributed by atoms with Crippen molar-refractivity contribution in [3.05, 3.63) is 17.8 Å². The van der Waals surface area contributed by atoms with Crippen LogP contribution in [0.25, 0.3) is 0 Å². The number of sulfone groups is 1. The molecule has 7 heteroatoms. The third-order valence-electron chi connectivity index (χ3n) is 3.23. The van der Waals surface area contributed by atoms with E-state index in [0.29, 0.717) is 25.6 Å². The molecule has 1 aliphatic heterocycles. The van der Waals surface area contributed by atoms with Gasteiger partial charge in [-0.2, -0.15) is 5.10 Å². The Morgan fingerprint density at radius 2 is 1.95 bits per heavy atom. The smallest absolute Gasteiger partial charge is 0.153 e. The lowest BCUT2D eigenvalue weighted by Gasteiger charge is -2.27. The lowest BCUT2D eigenvalue weighted by atomic mass is 10.2. The maximum Gasteiger partial charge on any atom is 0.153 e. The van der Waals surface area contributed by atoms with Crippen LogP contribution in [0.5, 0.6) is 0 Å². The van der Waals surface area contributed by atoms with Crippen molar-refractivity contribution in [1.82, 2.24) is 15.5 Å². The highest BCUT2D eigenvalue weighted by Gasteiger charge is 2.22. The third-order valence-corrected chi connectivity index (χ3v) is 4.84. The van der Waals surface area contributed by atoms with Gasteiger partial charge in [-0.1, -0.05) is 13.8 Å². The van der Waals surface area contributed by atoms with Crippen LogP contribution in [-0.4, -0.2) is 49.8 Å². The molecule has 2 heterocycles. The Morgan fingerprint density at radius 1 is 1.25 bits per heavy atom. The molecule has 112 valence electrons. The molecular weight excluding hydrogens is 276 g/mol. The molecule has 0 unspecified atom stereocenters. The van der Waals surface area contributed by atoms with Gasteiger partial charge in [-0.05, 0) is 24.6 Å². The van der Waals surface area contributed by atoms with Gasteiger partial charge in [0.05, 0.1) is 17.2 Å². The molecule has 1 N–H and O–H groups in total. The Labute approximate surface area is 120 Å². The van der Waals surface area contributed by atoms with Gasteiger partial charge < -0.3 is 10.2 Å². The minimum atomic E-state index is -2.85. The van der Waals surface area contributed by atoms with Gasteiger partial charge in [0.25, 0.3) is 0 Å². The van der Waals surface area contributed by atoms with E-state index in [1.54, 1.807) is 0 Å². The molecule has 0 saturated carbocycles. The number of aromatic nitrogens is 2. The van der Waals surface area contributed by atoms with Crippen molar-refractivity contribution >= 4 is 15.7 Å². The Bertz CT molecular complexity index is 514. The molecule has 2 rings (SSSR count). The van der Waals surface area contributed by atoms with Crippen molar-refractivity contribution in [2.45, 2.75) is 20.4 Å². The van der Waals surface area contributed by atoms with E-state index >= 15 is 0 Å². The van der Waals surface area contributed by atoms with E-state index < -0.39 is 9.84 Å². The number of hydrogen-bond donors (Lipinski definition) is 1. The lowest BCUT2D eigenvalue weighted by Crippen LogP contribution is -2.40. The van der Waals surface area contributed by atoms with Gasteiger partial charge in [0.15, 0.2) is 15.7 Å². The highest BCUT2D eigenvalue weighted by molar-refractivity contribution is 7.91. The molecule has 0 spiro atoms. The largest absolute Gasteiger partial charge is 0.353 e. The van der Waals surface area contributed by atoms with Crippen LogP contribution in [0.4, 0.5) is 5.82 Å². The van der Waals surface area contributed by atoms with E-state index in [4.69, 9.17) is 0 Å². The van der Waals surface area contributed by atoms with Crippen LogP contribution in [0.3, 0.4) is 0 Å². The molecule has 1 saturated heterocycles. The van der Waals surface area contributed by atoms with Crippen molar-refractivity contribution in [2.75, 3.05) is 36.0 Å². The second kappa shape index (κ2) is 6.49. The number of nitrogens with zero attached hydrogens (tertiary/aromatic N) is 3. The third kappa shape index (κ3) is 4.42.